The maximum Gasteiger partial charge on any atom is 0.260 e. The minimum absolute atomic E-state index is 0.00877. The van der Waals surface area contributed by atoms with E-state index in [4.69, 9.17) is 4.74 Å². The number of likely N-dealkylation sites (tertiary alicyclic amines) is 1. The largest absolute Gasteiger partial charge is 0.484 e. The molecule has 6 heteroatoms. The first-order valence-electron chi connectivity index (χ1n) is 10.3. The zero-order valence-corrected chi connectivity index (χ0v) is 17.7. The minimum atomic E-state index is -0.260. The van der Waals surface area contributed by atoms with Gasteiger partial charge >= 0.3 is 0 Å². The average Bonchev–Trinajstić information content (AvgIpc) is 2.73. The molecule has 1 heterocycles. The first-order chi connectivity index (χ1) is 14.3. The quantitative estimate of drug-likeness (QED) is 0.723. The molecule has 2 aromatic carbocycles. The van der Waals surface area contributed by atoms with Crippen molar-refractivity contribution in [3.63, 3.8) is 0 Å². The number of anilines is 1. The summed E-state index contributed by atoms with van der Waals surface area (Å²) in [5.41, 5.74) is 1.68. The van der Waals surface area contributed by atoms with Gasteiger partial charge in [-0.25, -0.2) is 0 Å². The molecule has 30 heavy (non-hydrogen) atoms. The van der Waals surface area contributed by atoms with Gasteiger partial charge in [-0.2, -0.15) is 0 Å². The fraction of sp³-hybridized carbons (Fsp3) is 0.375. The SMILES string of the molecule is CC(=O)c1ccc(NC(=O)c2ccc(OCC(=O)N3[C@H](C)CCC[C@H]3C)cc2)cc1. The summed E-state index contributed by atoms with van der Waals surface area (Å²) in [5, 5.41) is 2.79. The molecule has 6 nitrogen and oxygen atoms in total. The molecule has 1 N–H and O–H groups in total. The van der Waals surface area contributed by atoms with Crippen molar-refractivity contribution in [3.05, 3.63) is 59.7 Å². The predicted molar refractivity (Wildman–Crippen MR) is 116 cm³/mol. The Morgan fingerprint density at radius 2 is 1.50 bits per heavy atom. The van der Waals surface area contributed by atoms with Crippen LogP contribution in [-0.4, -0.2) is 41.2 Å². The molecule has 2 amide bonds. The molecule has 0 bridgehead atoms. The van der Waals surface area contributed by atoms with Crippen molar-refractivity contribution in [2.75, 3.05) is 11.9 Å². The second-order valence-electron chi connectivity index (χ2n) is 7.83. The summed E-state index contributed by atoms with van der Waals surface area (Å²) < 4.78 is 5.65. The number of benzene rings is 2. The molecule has 158 valence electrons. The molecule has 0 radical (unpaired) electrons. The monoisotopic (exact) mass is 408 g/mol. The van der Waals surface area contributed by atoms with E-state index in [9.17, 15) is 14.4 Å². The van der Waals surface area contributed by atoms with Gasteiger partial charge in [0.05, 0.1) is 0 Å². The van der Waals surface area contributed by atoms with Gasteiger partial charge in [-0.1, -0.05) is 0 Å². The van der Waals surface area contributed by atoms with Gasteiger partial charge in [0.2, 0.25) is 0 Å². The van der Waals surface area contributed by atoms with Crippen LogP contribution < -0.4 is 10.1 Å². The van der Waals surface area contributed by atoms with Crippen molar-refractivity contribution in [1.82, 2.24) is 4.90 Å². The van der Waals surface area contributed by atoms with Crippen molar-refractivity contribution in [2.45, 2.75) is 52.1 Å². The fourth-order valence-electron chi connectivity index (χ4n) is 3.83. The van der Waals surface area contributed by atoms with Crippen LogP contribution in [0, 0.1) is 0 Å². The molecule has 1 saturated heterocycles. The highest BCUT2D eigenvalue weighted by Crippen LogP contribution is 2.23. The number of carbonyl (C=O) groups is 3. The number of ketones is 1. The standard InChI is InChI=1S/C24H28N2O4/c1-16-5-4-6-17(2)26(16)23(28)15-30-22-13-9-20(10-14-22)24(29)25-21-11-7-19(8-12-21)18(3)27/h7-14,16-17H,4-6,15H2,1-3H3,(H,25,29)/t16-,17-/m1/s1. The lowest BCUT2D eigenvalue weighted by molar-refractivity contribution is -0.139. The number of Topliss-reactive ketones (excluding diaryl/α,β-unsaturated/α-hetero) is 1. The van der Waals surface area contributed by atoms with E-state index in [0.29, 0.717) is 22.6 Å². The lowest BCUT2D eigenvalue weighted by atomic mass is 9.97. The Morgan fingerprint density at radius 1 is 0.933 bits per heavy atom. The molecule has 2 atom stereocenters. The summed E-state index contributed by atoms with van der Waals surface area (Å²) in [7, 11) is 0. The van der Waals surface area contributed by atoms with Crippen LogP contribution in [0.4, 0.5) is 5.69 Å². The Labute approximate surface area is 177 Å². The molecule has 0 aromatic heterocycles. The second-order valence-corrected chi connectivity index (χ2v) is 7.83. The average molecular weight is 408 g/mol. The van der Waals surface area contributed by atoms with Gasteiger partial charge in [0, 0.05) is 28.9 Å². The van der Waals surface area contributed by atoms with E-state index in [2.05, 4.69) is 19.2 Å². The third-order valence-electron chi connectivity index (χ3n) is 5.51. The Morgan fingerprint density at radius 3 is 2.07 bits per heavy atom. The highest BCUT2D eigenvalue weighted by Gasteiger charge is 2.28. The van der Waals surface area contributed by atoms with E-state index in [1.54, 1.807) is 48.5 Å². The molecule has 3 rings (SSSR count). The van der Waals surface area contributed by atoms with Crippen LogP contribution in [0.15, 0.2) is 48.5 Å². The Balaban J connectivity index is 1.54. The number of nitrogens with zero attached hydrogens (tertiary/aromatic N) is 1. The van der Waals surface area contributed by atoms with Gasteiger partial charge in [0.1, 0.15) is 5.75 Å². The molecular weight excluding hydrogens is 380 g/mol. The lowest BCUT2D eigenvalue weighted by Gasteiger charge is -2.38. The minimum Gasteiger partial charge on any atom is -0.484 e. The lowest BCUT2D eigenvalue weighted by Crippen LogP contribution is -2.49. The number of carbonyl (C=O) groups excluding carboxylic acids is 3. The molecule has 1 fully saturated rings. The third kappa shape index (κ3) is 5.26. The van der Waals surface area contributed by atoms with Crippen molar-refractivity contribution < 1.29 is 19.1 Å². The molecule has 1 aliphatic heterocycles. The summed E-state index contributed by atoms with van der Waals surface area (Å²) in [6.45, 7) is 5.64. The summed E-state index contributed by atoms with van der Waals surface area (Å²) in [5.74, 6) is 0.254. The van der Waals surface area contributed by atoms with Crippen molar-refractivity contribution in [2.24, 2.45) is 0 Å². The summed E-state index contributed by atoms with van der Waals surface area (Å²) in [6, 6.07) is 13.9. The highest BCUT2D eigenvalue weighted by atomic mass is 16.5. The molecule has 0 saturated carbocycles. The number of amides is 2. The first kappa shape index (κ1) is 21.6. The molecule has 2 aromatic rings. The Kier molecular flexibility index (Phi) is 6.87. The third-order valence-corrected chi connectivity index (χ3v) is 5.51. The van der Waals surface area contributed by atoms with Gasteiger partial charge in [0.25, 0.3) is 11.8 Å². The molecule has 0 aliphatic carbocycles. The van der Waals surface area contributed by atoms with Gasteiger partial charge in [0.15, 0.2) is 12.4 Å². The number of ether oxygens (including phenoxy) is 1. The maximum absolute atomic E-state index is 12.6. The van der Waals surface area contributed by atoms with Crippen LogP contribution in [0.25, 0.3) is 0 Å². The van der Waals surface area contributed by atoms with E-state index in [1.807, 2.05) is 4.90 Å². The maximum atomic E-state index is 12.6. The molecule has 0 unspecified atom stereocenters. The number of hydrogen-bond acceptors (Lipinski definition) is 4. The molecule has 0 spiro atoms. The zero-order valence-electron chi connectivity index (χ0n) is 17.7. The zero-order chi connectivity index (χ0) is 21.7. The predicted octanol–water partition coefficient (Wildman–Crippen LogP) is 4.31. The number of hydrogen-bond donors (Lipinski definition) is 1. The van der Waals surface area contributed by atoms with E-state index < -0.39 is 0 Å². The summed E-state index contributed by atoms with van der Waals surface area (Å²) in [6.07, 6.45) is 3.20. The van der Waals surface area contributed by atoms with Gasteiger partial charge < -0.3 is 15.0 Å². The van der Waals surface area contributed by atoms with E-state index in [1.165, 1.54) is 6.92 Å². The van der Waals surface area contributed by atoms with Gasteiger partial charge in [-0.15, -0.1) is 0 Å². The number of nitrogens with one attached hydrogen (secondary N) is 1. The smallest absolute Gasteiger partial charge is 0.260 e. The summed E-state index contributed by atoms with van der Waals surface area (Å²) >= 11 is 0. The van der Waals surface area contributed by atoms with Gasteiger partial charge in [-0.3, -0.25) is 14.4 Å². The van der Waals surface area contributed by atoms with Gasteiger partial charge in [-0.05, 0) is 88.6 Å². The Bertz CT molecular complexity index is 896. The van der Waals surface area contributed by atoms with Crippen LogP contribution in [0.5, 0.6) is 5.75 Å². The molecular formula is C24H28N2O4. The normalized spacial score (nSPS) is 18.6. The van der Waals surface area contributed by atoms with Crippen LogP contribution in [-0.2, 0) is 4.79 Å². The molecule has 1 aliphatic rings. The fourth-order valence-corrected chi connectivity index (χ4v) is 3.83. The topological polar surface area (TPSA) is 75.7 Å². The van der Waals surface area contributed by atoms with Crippen LogP contribution in [0.3, 0.4) is 0 Å². The highest BCUT2D eigenvalue weighted by molar-refractivity contribution is 6.04. The van der Waals surface area contributed by atoms with Crippen LogP contribution in [0.1, 0.15) is 60.7 Å². The van der Waals surface area contributed by atoms with Crippen LogP contribution >= 0.6 is 0 Å². The van der Waals surface area contributed by atoms with E-state index in [0.717, 1.165) is 19.3 Å². The van der Waals surface area contributed by atoms with Crippen molar-refractivity contribution >= 4 is 23.3 Å². The number of rotatable bonds is 6. The van der Waals surface area contributed by atoms with E-state index in [-0.39, 0.29) is 36.3 Å². The Hall–Kier alpha value is -3.15. The van der Waals surface area contributed by atoms with Crippen LogP contribution in [0.2, 0.25) is 0 Å². The summed E-state index contributed by atoms with van der Waals surface area (Å²) in [4.78, 5) is 38.2. The number of piperidine rings is 1. The van der Waals surface area contributed by atoms with Crippen molar-refractivity contribution in [3.8, 4) is 5.75 Å². The second kappa shape index (κ2) is 9.57. The first-order valence-corrected chi connectivity index (χ1v) is 10.3. The van der Waals surface area contributed by atoms with E-state index >= 15 is 0 Å². The van der Waals surface area contributed by atoms with Crippen molar-refractivity contribution in [1.29, 1.82) is 0 Å².